The highest BCUT2D eigenvalue weighted by Crippen LogP contribution is 2.39. The number of aromatic nitrogens is 5. The number of anilines is 1. The lowest BCUT2D eigenvalue weighted by Crippen LogP contribution is -2.17. The van der Waals surface area contributed by atoms with Crippen LogP contribution in [0.1, 0.15) is 40.3 Å². The van der Waals surface area contributed by atoms with Gasteiger partial charge in [0.1, 0.15) is 5.69 Å². The highest BCUT2D eigenvalue weighted by atomic mass is 19.4. The van der Waals surface area contributed by atoms with E-state index in [1.807, 2.05) is 0 Å². The Hall–Kier alpha value is -4.23. The molecule has 0 fully saturated rings. The summed E-state index contributed by atoms with van der Waals surface area (Å²) in [6.45, 7) is 1.33. The molecular weight excluding hydrogens is 482 g/mol. The summed E-state index contributed by atoms with van der Waals surface area (Å²) >= 11 is 0. The van der Waals surface area contributed by atoms with Crippen LogP contribution in [-0.2, 0) is 12.4 Å². The topological polar surface area (TPSA) is 98.7 Å². The van der Waals surface area contributed by atoms with Crippen molar-refractivity contribution in [3.8, 4) is 11.6 Å². The maximum atomic E-state index is 13.5. The molecule has 1 aromatic carbocycles. The number of alkyl halides is 6. The van der Waals surface area contributed by atoms with Crippen molar-refractivity contribution in [2.45, 2.75) is 25.3 Å². The van der Waals surface area contributed by atoms with Gasteiger partial charge in [-0.15, -0.1) is 10.2 Å². The summed E-state index contributed by atoms with van der Waals surface area (Å²) in [5.74, 6) is -1.20. The summed E-state index contributed by atoms with van der Waals surface area (Å²) in [5, 5.41) is 13.7. The van der Waals surface area contributed by atoms with E-state index in [1.165, 1.54) is 19.3 Å². The largest absolute Gasteiger partial charge is 0.416 e. The predicted molar refractivity (Wildman–Crippen MR) is 108 cm³/mol. The minimum Gasteiger partial charge on any atom is -0.411 e. The zero-order valence-corrected chi connectivity index (χ0v) is 17.6. The van der Waals surface area contributed by atoms with Crippen LogP contribution >= 0.6 is 0 Å². The quantitative estimate of drug-likeness (QED) is 0.380. The van der Waals surface area contributed by atoms with Crippen LogP contribution in [0.2, 0.25) is 0 Å². The maximum Gasteiger partial charge on any atom is 0.416 e. The zero-order valence-electron chi connectivity index (χ0n) is 17.6. The molecule has 0 aliphatic heterocycles. The van der Waals surface area contributed by atoms with Crippen LogP contribution in [0, 0.1) is 0 Å². The van der Waals surface area contributed by atoms with Gasteiger partial charge in [0.15, 0.2) is 0 Å². The first kappa shape index (κ1) is 23.9. The lowest BCUT2D eigenvalue weighted by Gasteiger charge is -2.20. The molecule has 0 saturated heterocycles. The molecule has 0 aliphatic carbocycles. The third-order valence-corrected chi connectivity index (χ3v) is 4.90. The Balaban J connectivity index is 1.54. The van der Waals surface area contributed by atoms with E-state index in [9.17, 15) is 31.1 Å². The Morgan fingerprint density at radius 2 is 1.83 bits per heavy atom. The average Bonchev–Trinajstić information content (AvgIpc) is 3.48. The molecule has 0 saturated carbocycles. The summed E-state index contributed by atoms with van der Waals surface area (Å²) in [5.41, 5.74) is -2.85. The maximum absolute atomic E-state index is 13.5. The first-order valence-electron chi connectivity index (χ1n) is 9.82. The number of pyridine rings is 1. The molecule has 182 valence electrons. The van der Waals surface area contributed by atoms with Crippen molar-refractivity contribution >= 4 is 11.6 Å². The van der Waals surface area contributed by atoms with Crippen LogP contribution in [0.3, 0.4) is 0 Å². The third kappa shape index (κ3) is 5.15. The molecule has 1 atom stereocenters. The number of hydrogen-bond donors (Lipinski definition) is 1. The molecule has 0 radical (unpaired) electrons. The van der Waals surface area contributed by atoms with Gasteiger partial charge in [-0.2, -0.15) is 31.4 Å². The molecule has 1 amide bonds. The van der Waals surface area contributed by atoms with Crippen molar-refractivity contribution in [2.24, 2.45) is 0 Å². The second kappa shape index (κ2) is 8.85. The van der Waals surface area contributed by atoms with E-state index in [1.54, 1.807) is 18.2 Å². The van der Waals surface area contributed by atoms with Gasteiger partial charge < -0.3 is 9.73 Å². The molecule has 8 nitrogen and oxygen atoms in total. The minimum atomic E-state index is -5.03. The Bertz CT molecular complexity index is 1350. The standard InChI is InChI=1S/C21H14F6N6O2/c1-11(14-6-5-12(20(22,23)24)8-15(14)21(25,26)27)33-10-13(9-29-33)30-17(34)19-32-31-18(35-19)16-4-2-3-7-28-16/h2-11H,1H3,(H,30,34). The first-order valence-corrected chi connectivity index (χ1v) is 9.82. The fraction of sp³-hybridized carbons (Fsp3) is 0.190. The SMILES string of the molecule is CC(c1ccc(C(F)(F)F)cc1C(F)(F)F)n1cc(NC(=O)c2nnc(-c3ccccn3)o2)cn1. The fourth-order valence-corrected chi connectivity index (χ4v) is 3.19. The summed E-state index contributed by atoms with van der Waals surface area (Å²) in [4.78, 5) is 16.4. The summed E-state index contributed by atoms with van der Waals surface area (Å²) in [6, 6.07) is 5.23. The normalized spacial score (nSPS) is 13.0. The molecule has 0 spiro atoms. The first-order chi connectivity index (χ1) is 16.4. The number of amides is 1. The summed E-state index contributed by atoms with van der Waals surface area (Å²) in [7, 11) is 0. The van der Waals surface area contributed by atoms with E-state index >= 15 is 0 Å². The van der Waals surface area contributed by atoms with E-state index in [4.69, 9.17) is 4.42 Å². The van der Waals surface area contributed by atoms with Crippen molar-refractivity contribution in [3.63, 3.8) is 0 Å². The summed E-state index contributed by atoms with van der Waals surface area (Å²) in [6.07, 6.45) is -6.09. The Kier molecular flexibility index (Phi) is 6.05. The van der Waals surface area contributed by atoms with E-state index in [2.05, 4.69) is 25.6 Å². The fourth-order valence-electron chi connectivity index (χ4n) is 3.19. The number of benzene rings is 1. The molecule has 4 rings (SSSR count). The van der Waals surface area contributed by atoms with Gasteiger partial charge in [-0.1, -0.05) is 12.1 Å². The Labute approximate surface area is 192 Å². The van der Waals surface area contributed by atoms with Crippen molar-refractivity contribution in [2.75, 3.05) is 5.32 Å². The number of nitrogens with zero attached hydrogens (tertiary/aromatic N) is 5. The van der Waals surface area contributed by atoms with Gasteiger partial charge in [0.2, 0.25) is 0 Å². The summed E-state index contributed by atoms with van der Waals surface area (Å²) < 4.78 is 85.6. The van der Waals surface area contributed by atoms with Crippen LogP contribution in [0.5, 0.6) is 0 Å². The molecule has 14 heteroatoms. The smallest absolute Gasteiger partial charge is 0.411 e. The van der Waals surface area contributed by atoms with E-state index in [0.29, 0.717) is 11.8 Å². The van der Waals surface area contributed by atoms with Gasteiger partial charge in [-0.25, -0.2) is 0 Å². The molecule has 3 heterocycles. The number of rotatable bonds is 5. The van der Waals surface area contributed by atoms with E-state index < -0.39 is 46.9 Å². The van der Waals surface area contributed by atoms with Crippen molar-refractivity contribution in [3.05, 3.63) is 77.6 Å². The molecule has 4 aromatic rings. The molecule has 1 N–H and O–H groups in total. The van der Waals surface area contributed by atoms with Crippen molar-refractivity contribution in [1.82, 2.24) is 25.0 Å². The predicted octanol–water partition coefficient (Wildman–Crippen LogP) is 5.23. The Morgan fingerprint density at radius 3 is 2.49 bits per heavy atom. The van der Waals surface area contributed by atoms with Crippen molar-refractivity contribution in [1.29, 1.82) is 0 Å². The van der Waals surface area contributed by atoms with Crippen molar-refractivity contribution < 1.29 is 35.6 Å². The third-order valence-electron chi connectivity index (χ3n) is 4.90. The molecule has 0 aliphatic rings. The van der Waals surface area contributed by atoms with Crippen LogP contribution in [0.15, 0.2) is 59.4 Å². The van der Waals surface area contributed by atoms with Gasteiger partial charge in [0, 0.05) is 12.4 Å². The monoisotopic (exact) mass is 496 g/mol. The minimum absolute atomic E-state index is 0.00190. The van der Waals surface area contributed by atoms with E-state index in [0.717, 1.165) is 16.9 Å². The lowest BCUT2D eigenvalue weighted by molar-refractivity contribution is -0.143. The van der Waals surface area contributed by atoms with Crippen LogP contribution in [0.4, 0.5) is 32.0 Å². The number of hydrogen-bond acceptors (Lipinski definition) is 6. The van der Waals surface area contributed by atoms with Gasteiger partial charge in [-0.3, -0.25) is 14.5 Å². The Morgan fingerprint density at radius 1 is 1.06 bits per heavy atom. The molecular formula is C21H14F6N6O2. The molecule has 3 aromatic heterocycles. The van der Waals surface area contributed by atoms with Gasteiger partial charge in [-0.05, 0) is 36.8 Å². The van der Waals surface area contributed by atoms with E-state index in [-0.39, 0.29) is 17.6 Å². The van der Waals surface area contributed by atoms with Crippen LogP contribution in [0.25, 0.3) is 11.6 Å². The number of nitrogens with one attached hydrogen (secondary N) is 1. The van der Waals surface area contributed by atoms with Gasteiger partial charge in [0.25, 0.3) is 5.89 Å². The number of halogens is 6. The van der Waals surface area contributed by atoms with Crippen LogP contribution in [-0.4, -0.2) is 30.9 Å². The number of carbonyl (C=O) groups excluding carboxylic acids is 1. The second-order valence-corrected chi connectivity index (χ2v) is 7.26. The molecule has 0 bridgehead atoms. The molecule has 35 heavy (non-hydrogen) atoms. The van der Waals surface area contributed by atoms with Crippen LogP contribution < -0.4 is 5.32 Å². The lowest BCUT2D eigenvalue weighted by atomic mass is 9.98. The molecule has 1 unspecified atom stereocenters. The highest BCUT2D eigenvalue weighted by molar-refractivity contribution is 6.00. The average molecular weight is 496 g/mol. The number of carbonyl (C=O) groups is 1. The second-order valence-electron chi connectivity index (χ2n) is 7.26. The van der Waals surface area contributed by atoms with Gasteiger partial charge in [0.05, 0.1) is 29.1 Å². The highest BCUT2D eigenvalue weighted by Gasteiger charge is 2.39. The zero-order chi connectivity index (χ0) is 25.4. The van der Waals surface area contributed by atoms with Gasteiger partial charge >= 0.3 is 24.2 Å².